The number of aliphatic carboxylic acids is 1. The van der Waals surface area contributed by atoms with Gasteiger partial charge in [0.1, 0.15) is 0 Å². The van der Waals surface area contributed by atoms with Crippen molar-refractivity contribution in [2.24, 2.45) is 5.92 Å². The van der Waals surface area contributed by atoms with Crippen LogP contribution in [-0.4, -0.2) is 58.0 Å². The first-order valence-corrected chi connectivity index (χ1v) is 6.54. The maximum absolute atomic E-state index is 12.8. The Balaban J connectivity index is 2.71. The molecule has 122 valence electrons. The van der Waals surface area contributed by atoms with Crippen molar-refractivity contribution >= 4 is 12.0 Å². The standard InChI is InChI=1S/C12H19F3N2O4/c1-7(18)8-3-5-17(6-4-8)10(21)16-11(2,9(19)20)12(13,14)15/h7-8,18H,3-6H2,1-2H3,(H,16,21)(H,19,20). The van der Waals surface area contributed by atoms with Gasteiger partial charge in [-0.2, -0.15) is 13.2 Å². The minimum absolute atomic E-state index is 0.0116. The summed E-state index contributed by atoms with van der Waals surface area (Å²) in [5.41, 5.74) is -3.33. The van der Waals surface area contributed by atoms with E-state index in [-0.39, 0.29) is 19.0 Å². The van der Waals surface area contributed by atoms with Crippen LogP contribution < -0.4 is 5.32 Å². The summed E-state index contributed by atoms with van der Waals surface area (Å²) in [6, 6.07) is -1.07. The van der Waals surface area contributed by atoms with Gasteiger partial charge in [-0.15, -0.1) is 0 Å². The zero-order valence-electron chi connectivity index (χ0n) is 11.8. The highest BCUT2D eigenvalue weighted by molar-refractivity contribution is 5.86. The Kier molecular flexibility index (Phi) is 5.08. The van der Waals surface area contributed by atoms with E-state index in [9.17, 15) is 27.9 Å². The second kappa shape index (κ2) is 6.08. The average Bonchev–Trinajstić information content (AvgIpc) is 2.37. The van der Waals surface area contributed by atoms with E-state index in [1.807, 2.05) is 0 Å². The number of nitrogens with one attached hydrogen (secondary N) is 1. The number of halogens is 3. The zero-order valence-corrected chi connectivity index (χ0v) is 11.8. The number of aliphatic hydroxyl groups is 1. The highest BCUT2D eigenvalue weighted by atomic mass is 19.4. The van der Waals surface area contributed by atoms with Crippen molar-refractivity contribution in [2.75, 3.05) is 13.1 Å². The van der Waals surface area contributed by atoms with Crippen molar-refractivity contribution in [3.8, 4) is 0 Å². The predicted molar refractivity (Wildman–Crippen MR) is 66.6 cm³/mol. The van der Waals surface area contributed by atoms with Gasteiger partial charge in [-0.05, 0) is 32.6 Å². The summed E-state index contributed by atoms with van der Waals surface area (Å²) in [4.78, 5) is 23.8. The van der Waals surface area contributed by atoms with Crippen LogP contribution in [-0.2, 0) is 4.79 Å². The molecule has 0 aliphatic carbocycles. The number of rotatable bonds is 3. The van der Waals surface area contributed by atoms with E-state index >= 15 is 0 Å². The number of piperidine rings is 1. The number of nitrogens with zero attached hydrogens (tertiary/aromatic N) is 1. The van der Waals surface area contributed by atoms with Gasteiger partial charge >= 0.3 is 18.2 Å². The Hall–Kier alpha value is -1.51. The quantitative estimate of drug-likeness (QED) is 0.730. The smallest absolute Gasteiger partial charge is 0.422 e. The molecule has 1 aliphatic rings. The third-order valence-corrected chi connectivity index (χ3v) is 3.86. The summed E-state index contributed by atoms with van der Waals surface area (Å²) in [6.07, 6.45) is -4.73. The molecule has 1 fully saturated rings. The van der Waals surface area contributed by atoms with Crippen LogP contribution >= 0.6 is 0 Å². The maximum atomic E-state index is 12.8. The first-order chi connectivity index (χ1) is 9.49. The monoisotopic (exact) mass is 312 g/mol. The lowest BCUT2D eigenvalue weighted by atomic mass is 9.92. The summed E-state index contributed by atoms with van der Waals surface area (Å²) in [5.74, 6) is -2.18. The van der Waals surface area contributed by atoms with E-state index < -0.39 is 29.8 Å². The highest BCUT2D eigenvalue weighted by Gasteiger charge is 2.58. The highest BCUT2D eigenvalue weighted by Crippen LogP contribution is 2.31. The molecule has 2 atom stereocenters. The molecule has 9 heteroatoms. The number of carbonyl (C=O) groups excluding carboxylic acids is 1. The molecule has 1 heterocycles. The van der Waals surface area contributed by atoms with Gasteiger partial charge in [-0.1, -0.05) is 0 Å². The molecule has 6 nitrogen and oxygen atoms in total. The lowest BCUT2D eigenvalue weighted by Crippen LogP contribution is -2.64. The van der Waals surface area contributed by atoms with Crippen LogP contribution in [0.1, 0.15) is 26.7 Å². The van der Waals surface area contributed by atoms with Gasteiger partial charge in [0, 0.05) is 13.1 Å². The maximum Gasteiger partial charge on any atom is 0.422 e. The molecule has 0 aromatic rings. The van der Waals surface area contributed by atoms with Crippen LogP contribution in [0, 0.1) is 5.92 Å². The van der Waals surface area contributed by atoms with Gasteiger partial charge in [0.2, 0.25) is 5.54 Å². The molecular weight excluding hydrogens is 293 g/mol. The molecule has 0 aromatic carbocycles. The van der Waals surface area contributed by atoms with Gasteiger partial charge in [-0.25, -0.2) is 9.59 Å². The van der Waals surface area contributed by atoms with Crippen molar-refractivity contribution in [1.29, 1.82) is 0 Å². The van der Waals surface area contributed by atoms with E-state index in [1.165, 1.54) is 0 Å². The van der Waals surface area contributed by atoms with Gasteiger partial charge in [0.05, 0.1) is 6.10 Å². The summed E-state index contributed by atoms with van der Waals surface area (Å²) < 4.78 is 38.4. The number of hydrogen-bond acceptors (Lipinski definition) is 3. The molecule has 0 saturated carbocycles. The molecule has 2 amide bonds. The fraction of sp³-hybridized carbons (Fsp3) is 0.833. The Morgan fingerprint density at radius 3 is 2.10 bits per heavy atom. The van der Waals surface area contributed by atoms with Crippen LogP contribution in [0.3, 0.4) is 0 Å². The van der Waals surface area contributed by atoms with Crippen LogP contribution in [0.2, 0.25) is 0 Å². The zero-order chi connectivity index (χ0) is 16.4. The number of aliphatic hydroxyl groups excluding tert-OH is 1. The summed E-state index contributed by atoms with van der Waals surface area (Å²) >= 11 is 0. The Bertz CT molecular complexity index is 406. The average molecular weight is 312 g/mol. The van der Waals surface area contributed by atoms with E-state index in [0.29, 0.717) is 19.8 Å². The van der Waals surface area contributed by atoms with Crippen molar-refractivity contribution in [3.63, 3.8) is 0 Å². The molecule has 3 N–H and O–H groups in total. The first kappa shape index (κ1) is 17.5. The molecule has 1 saturated heterocycles. The largest absolute Gasteiger partial charge is 0.479 e. The topological polar surface area (TPSA) is 89.9 Å². The van der Waals surface area contributed by atoms with Gasteiger partial charge in [-0.3, -0.25) is 0 Å². The lowest BCUT2D eigenvalue weighted by molar-refractivity contribution is -0.203. The first-order valence-electron chi connectivity index (χ1n) is 6.54. The third kappa shape index (κ3) is 3.78. The Morgan fingerprint density at radius 2 is 1.76 bits per heavy atom. The minimum Gasteiger partial charge on any atom is -0.479 e. The van der Waals surface area contributed by atoms with E-state index in [2.05, 4.69) is 0 Å². The van der Waals surface area contributed by atoms with E-state index in [4.69, 9.17) is 5.11 Å². The second-order valence-electron chi connectivity index (χ2n) is 5.42. The molecule has 21 heavy (non-hydrogen) atoms. The molecular formula is C12H19F3N2O4. The Morgan fingerprint density at radius 1 is 1.29 bits per heavy atom. The molecule has 1 rings (SSSR count). The number of carboxylic acid groups (broad SMARTS) is 1. The van der Waals surface area contributed by atoms with Crippen molar-refractivity contribution < 1.29 is 33.0 Å². The summed E-state index contributed by atoms with van der Waals surface area (Å²) in [7, 11) is 0. The second-order valence-corrected chi connectivity index (χ2v) is 5.42. The minimum atomic E-state index is -5.10. The molecule has 0 radical (unpaired) electrons. The van der Waals surface area contributed by atoms with Gasteiger partial charge in [0.25, 0.3) is 0 Å². The lowest BCUT2D eigenvalue weighted by Gasteiger charge is -2.36. The van der Waals surface area contributed by atoms with Gasteiger partial charge in [0.15, 0.2) is 0 Å². The van der Waals surface area contributed by atoms with E-state index in [1.54, 1.807) is 12.2 Å². The van der Waals surface area contributed by atoms with Crippen molar-refractivity contribution in [3.05, 3.63) is 0 Å². The number of hydrogen-bond donors (Lipinski definition) is 3. The molecule has 0 aromatic heterocycles. The fourth-order valence-electron chi connectivity index (χ4n) is 2.12. The fourth-order valence-corrected chi connectivity index (χ4v) is 2.12. The van der Waals surface area contributed by atoms with Crippen LogP contribution in [0.25, 0.3) is 0 Å². The Labute approximate surface area is 119 Å². The van der Waals surface area contributed by atoms with Crippen LogP contribution in [0.4, 0.5) is 18.0 Å². The number of urea groups is 1. The van der Waals surface area contributed by atoms with Crippen LogP contribution in [0.5, 0.6) is 0 Å². The van der Waals surface area contributed by atoms with E-state index in [0.717, 1.165) is 4.90 Å². The van der Waals surface area contributed by atoms with Crippen molar-refractivity contribution in [1.82, 2.24) is 10.2 Å². The molecule has 0 spiro atoms. The van der Waals surface area contributed by atoms with Crippen LogP contribution in [0.15, 0.2) is 0 Å². The number of carbonyl (C=O) groups is 2. The summed E-state index contributed by atoms with van der Waals surface area (Å²) in [5, 5.41) is 19.7. The van der Waals surface area contributed by atoms with Crippen molar-refractivity contribution in [2.45, 2.75) is 44.5 Å². The normalized spacial score (nSPS) is 21.5. The number of amides is 2. The molecule has 2 unspecified atom stereocenters. The molecule has 1 aliphatic heterocycles. The number of carboxylic acids is 1. The SMILES string of the molecule is CC(O)C1CCN(C(=O)NC(C)(C(=O)O)C(F)(F)F)CC1. The molecule has 0 bridgehead atoms. The number of likely N-dealkylation sites (tertiary alicyclic amines) is 1. The predicted octanol–water partition coefficient (Wildman–Crippen LogP) is 1.19. The number of alkyl halides is 3. The third-order valence-electron chi connectivity index (χ3n) is 3.86. The van der Waals surface area contributed by atoms with Gasteiger partial charge < -0.3 is 20.4 Å². The summed E-state index contributed by atoms with van der Waals surface area (Å²) in [6.45, 7) is 2.38.